The van der Waals surface area contributed by atoms with E-state index in [0.29, 0.717) is 17.3 Å². The molecule has 13 heavy (non-hydrogen) atoms. The Hall–Kier alpha value is -0.530. The molecule has 1 N–H and O–H groups in total. The number of hydrogen-bond acceptors (Lipinski definition) is 1. The number of carboxylic acid groups (broad SMARTS) is 1. The molecule has 0 aromatic rings. The third-order valence-corrected chi connectivity index (χ3v) is 3.77. The van der Waals surface area contributed by atoms with Gasteiger partial charge in [0.05, 0.1) is 5.92 Å². The predicted molar refractivity (Wildman–Crippen MR) is 50.4 cm³/mol. The summed E-state index contributed by atoms with van der Waals surface area (Å²) in [6, 6.07) is 0. The minimum Gasteiger partial charge on any atom is -0.481 e. The van der Waals surface area contributed by atoms with E-state index in [9.17, 15) is 4.79 Å². The first-order valence-electron chi connectivity index (χ1n) is 5.22. The fraction of sp³-hybridized carbons (Fsp3) is 0.909. The Bertz CT molecular complexity index is 232. The lowest BCUT2D eigenvalue weighted by molar-refractivity contribution is -0.139. The van der Waals surface area contributed by atoms with E-state index in [2.05, 4.69) is 13.8 Å². The second-order valence-electron chi connectivity index (χ2n) is 5.51. The number of carboxylic acids is 1. The molecule has 2 aliphatic rings. The summed E-state index contributed by atoms with van der Waals surface area (Å²) in [6.07, 6.45) is 4.71. The van der Waals surface area contributed by atoms with E-state index in [1.165, 1.54) is 19.3 Å². The highest BCUT2D eigenvalue weighted by Crippen LogP contribution is 2.54. The summed E-state index contributed by atoms with van der Waals surface area (Å²) in [4.78, 5) is 10.7. The smallest absolute Gasteiger partial charge is 0.306 e. The van der Waals surface area contributed by atoms with E-state index in [4.69, 9.17) is 5.11 Å². The largest absolute Gasteiger partial charge is 0.481 e. The Morgan fingerprint density at radius 3 is 2.54 bits per heavy atom. The highest BCUT2D eigenvalue weighted by atomic mass is 16.4. The molecule has 0 saturated heterocycles. The third kappa shape index (κ3) is 1.72. The zero-order valence-corrected chi connectivity index (χ0v) is 8.42. The average molecular weight is 182 g/mol. The minimum atomic E-state index is -0.574. The van der Waals surface area contributed by atoms with Crippen LogP contribution in [0.5, 0.6) is 0 Å². The van der Waals surface area contributed by atoms with Gasteiger partial charge in [-0.3, -0.25) is 4.79 Å². The van der Waals surface area contributed by atoms with Crippen molar-refractivity contribution in [3.63, 3.8) is 0 Å². The molecule has 0 radical (unpaired) electrons. The van der Waals surface area contributed by atoms with Crippen molar-refractivity contribution >= 4 is 5.97 Å². The van der Waals surface area contributed by atoms with Gasteiger partial charge in [-0.25, -0.2) is 0 Å². The molecule has 2 saturated carbocycles. The maximum atomic E-state index is 10.7. The normalized spacial score (nSPS) is 41.8. The lowest BCUT2D eigenvalue weighted by Gasteiger charge is -2.16. The van der Waals surface area contributed by atoms with Crippen LogP contribution in [0.25, 0.3) is 0 Å². The van der Waals surface area contributed by atoms with Crippen molar-refractivity contribution in [2.45, 2.75) is 39.5 Å². The number of carbonyl (C=O) groups is 1. The van der Waals surface area contributed by atoms with E-state index in [-0.39, 0.29) is 5.92 Å². The van der Waals surface area contributed by atoms with Gasteiger partial charge in [-0.15, -0.1) is 0 Å². The Labute approximate surface area is 79.3 Å². The molecule has 0 amide bonds. The first-order valence-corrected chi connectivity index (χ1v) is 5.22. The standard InChI is InChI=1S/C11H18O2/c1-11(2)4-3-7(6-11)8-5-9(8)10(12)13/h7-9H,3-6H2,1-2H3,(H,12,13). The van der Waals surface area contributed by atoms with Gasteiger partial charge in [0.25, 0.3) is 0 Å². The van der Waals surface area contributed by atoms with Crippen molar-refractivity contribution in [1.29, 1.82) is 0 Å². The van der Waals surface area contributed by atoms with Gasteiger partial charge in [0, 0.05) is 0 Å². The minimum absolute atomic E-state index is 0.00102. The number of hydrogen-bond donors (Lipinski definition) is 1. The molecule has 0 aromatic carbocycles. The molecule has 2 heteroatoms. The number of rotatable bonds is 2. The zero-order valence-electron chi connectivity index (χ0n) is 8.42. The van der Waals surface area contributed by atoms with E-state index < -0.39 is 5.97 Å². The lowest BCUT2D eigenvalue weighted by Crippen LogP contribution is -2.09. The molecule has 3 atom stereocenters. The summed E-state index contributed by atoms with van der Waals surface area (Å²) in [6.45, 7) is 4.59. The lowest BCUT2D eigenvalue weighted by atomic mass is 9.89. The van der Waals surface area contributed by atoms with Gasteiger partial charge >= 0.3 is 5.97 Å². The molecule has 0 heterocycles. The second kappa shape index (κ2) is 2.73. The van der Waals surface area contributed by atoms with Gasteiger partial charge < -0.3 is 5.11 Å². The topological polar surface area (TPSA) is 37.3 Å². The van der Waals surface area contributed by atoms with Crippen LogP contribution in [0.1, 0.15) is 39.5 Å². The van der Waals surface area contributed by atoms with Crippen molar-refractivity contribution in [1.82, 2.24) is 0 Å². The quantitative estimate of drug-likeness (QED) is 0.712. The molecule has 2 fully saturated rings. The molecule has 74 valence electrons. The van der Waals surface area contributed by atoms with Crippen molar-refractivity contribution in [3.05, 3.63) is 0 Å². The molecule has 0 aliphatic heterocycles. The zero-order chi connectivity index (χ0) is 9.64. The highest BCUT2D eigenvalue weighted by molar-refractivity contribution is 5.73. The van der Waals surface area contributed by atoms with Crippen molar-refractivity contribution in [2.24, 2.45) is 23.2 Å². The fourth-order valence-corrected chi connectivity index (χ4v) is 2.88. The van der Waals surface area contributed by atoms with Gasteiger partial charge in [0.1, 0.15) is 0 Å². The molecular weight excluding hydrogens is 164 g/mol. The van der Waals surface area contributed by atoms with E-state index in [1.54, 1.807) is 0 Å². The SMILES string of the molecule is CC1(C)CCC(C2CC2C(=O)O)C1. The van der Waals surface area contributed by atoms with Crippen LogP contribution in [0, 0.1) is 23.2 Å². The van der Waals surface area contributed by atoms with Crippen LogP contribution in [0.2, 0.25) is 0 Å². The van der Waals surface area contributed by atoms with Crippen LogP contribution in [-0.2, 0) is 4.79 Å². The molecular formula is C11H18O2. The van der Waals surface area contributed by atoms with Gasteiger partial charge in [-0.05, 0) is 42.9 Å². The molecule has 3 unspecified atom stereocenters. The van der Waals surface area contributed by atoms with Gasteiger partial charge in [0.15, 0.2) is 0 Å². The molecule has 0 bridgehead atoms. The van der Waals surface area contributed by atoms with Gasteiger partial charge in [-0.1, -0.05) is 13.8 Å². The van der Waals surface area contributed by atoms with Crippen molar-refractivity contribution in [3.8, 4) is 0 Å². The molecule has 0 spiro atoms. The van der Waals surface area contributed by atoms with Crippen LogP contribution >= 0.6 is 0 Å². The summed E-state index contributed by atoms with van der Waals surface area (Å²) in [5, 5.41) is 8.81. The Balaban J connectivity index is 1.89. The summed E-state index contributed by atoms with van der Waals surface area (Å²) in [5.41, 5.74) is 0.469. The van der Waals surface area contributed by atoms with Crippen LogP contribution in [-0.4, -0.2) is 11.1 Å². The highest BCUT2D eigenvalue weighted by Gasteiger charge is 2.50. The maximum Gasteiger partial charge on any atom is 0.306 e. The Morgan fingerprint density at radius 2 is 2.15 bits per heavy atom. The molecule has 2 aliphatic carbocycles. The van der Waals surface area contributed by atoms with Crippen LogP contribution < -0.4 is 0 Å². The first-order chi connectivity index (χ1) is 5.99. The van der Waals surface area contributed by atoms with E-state index >= 15 is 0 Å². The van der Waals surface area contributed by atoms with Crippen LogP contribution in [0.3, 0.4) is 0 Å². The number of aliphatic carboxylic acids is 1. The predicted octanol–water partition coefficient (Wildman–Crippen LogP) is 2.53. The fourth-order valence-electron chi connectivity index (χ4n) is 2.88. The third-order valence-electron chi connectivity index (χ3n) is 3.77. The van der Waals surface area contributed by atoms with Crippen LogP contribution in [0.4, 0.5) is 0 Å². The average Bonchev–Trinajstić information content (AvgIpc) is 2.71. The molecule has 2 rings (SSSR count). The van der Waals surface area contributed by atoms with Gasteiger partial charge in [0.2, 0.25) is 0 Å². The van der Waals surface area contributed by atoms with E-state index in [1.807, 2.05) is 0 Å². The summed E-state index contributed by atoms with van der Waals surface area (Å²) >= 11 is 0. The molecule has 0 aromatic heterocycles. The van der Waals surface area contributed by atoms with E-state index in [0.717, 1.165) is 6.42 Å². The summed E-state index contributed by atoms with van der Waals surface area (Å²) in [7, 11) is 0. The van der Waals surface area contributed by atoms with Crippen molar-refractivity contribution in [2.75, 3.05) is 0 Å². The second-order valence-corrected chi connectivity index (χ2v) is 5.51. The monoisotopic (exact) mass is 182 g/mol. The van der Waals surface area contributed by atoms with Crippen LogP contribution in [0.15, 0.2) is 0 Å². The molecule has 2 nitrogen and oxygen atoms in total. The Kier molecular flexibility index (Phi) is 1.90. The summed E-state index contributed by atoms with van der Waals surface area (Å²) in [5.74, 6) is 0.643. The van der Waals surface area contributed by atoms with Gasteiger partial charge in [-0.2, -0.15) is 0 Å². The summed E-state index contributed by atoms with van der Waals surface area (Å²) < 4.78 is 0. The maximum absolute atomic E-state index is 10.7. The van der Waals surface area contributed by atoms with Crippen molar-refractivity contribution < 1.29 is 9.90 Å². The first kappa shape index (κ1) is 9.04. The Morgan fingerprint density at radius 1 is 1.46 bits per heavy atom.